The van der Waals surface area contributed by atoms with Crippen LogP contribution in [0.25, 0.3) is 0 Å². The zero-order valence-corrected chi connectivity index (χ0v) is 13.9. The van der Waals surface area contributed by atoms with Crippen molar-refractivity contribution in [1.82, 2.24) is 4.90 Å². The molecule has 5 heteroatoms. The molecule has 0 saturated heterocycles. The van der Waals surface area contributed by atoms with Crippen LogP contribution in [-0.2, 0) is 0 Å². The second kappa shape index (κ2) is 6.86. The van der Waals surface area contributed by atoms with Crippen molar-refractivity contribution in [1.29, 1.82) is 0 Å². The van der Waals surface area contributed by atoms with Gasteiger partial charge in [-0.2, -0.15) is 13.2 Å². The van der Waals surface area contributed by atoms with Crippen molar-refractivity contribution >= 4 is 0 Å². The lowest BCUT2D eigenvalue weighted by atomic mass is 9.67. The maximum absolute atomic E-state index is 12.8. The summed E-state index contributed by atoms with van der Waals surface area (Å²) in [6.07, 6.45) is -1.73. The van der Waals surface area contributed by atoms with Gasteiger partial charge in [0.1, 0.15) is 0 Å². The van der Waals surface area contributed by atoms with E-state index >= 15 is 0 Å². The summed E-state index contributed by atoms with van der Waals surface area (Å²) in [5.41, 5.74) is 0.110. The Balaban J connectivity index is 2.89. The van der Waals surface area contributed by atoms with Crippen LogP contribution >= 0.6 is 0 Å². The summed E-state index contributed by atoms with van der Waals surface area (Å²) in [6, 6.07) is -0.619. The predicted molar refractivity (Wildman–Crippen MR) is 79.1 cm³/mol. The molecule has 0 aliphatic heterocycles. The van der Waals surface area contributed by atoms with Crippen molar-refractivity contribution in [2.75, 3.05) is 6.54 Å². The number of aliphatic hydroxyl groups excluding tert-OH is 1. The van der Waals surface area contributed by atoms with Crippen LogP contribution in [0, 0.1) is 11.3 Å². The molecule has 126 valence electrons. The normalized spacial score (nSPS) is 28.4. The van der Waals surface area contributed by atoms with Crippen LogP contribution in [0.2, 0.25) is 0 Å². The van der Waals surface area contributed by atoms with Crippen LogP contribution in [0.3, 0.4) is 0 Å². The van der Waals surface area contributed by atoms with Gasteiger partial charge in [0.25, 0.3) is 0 Å². The molecule has 1 saturated carbocycles. The second-order valence-electron chi connectivity index (χ2n) is 7.37. The molecule has 1 aliphatic rings. The fraction of sp³-hybridized carbons (Fsp3) is 1.00. The van der Waals surface area contributed by atoms with Gasteiger partial charge in [0.2, 0.25) is 0 Å². The van der Waals surface area contributed by atoms with Crippen LogP contribution in [0.1, 0.15) is 60.3 Å². The molecule has 1 rings (SSSR count). The number of hydrogen-bond acceptors (Lipinski definition) is 2. The second-order valence-corrected chi connectivity index (χ2v) is 7.37. The molecule has 0 radical (unpaired) electrons. The van der Waals surface area contributed by atoms with Crippen molar-refractivity contribution in [3.05, 3.63) is 0 Å². The van der Waals surface area contributed by atoms with E-state index in [0.717, 1.165) is 12.8 Å². The molecule has 0 bridgehead atoms. The molecule has 0 amide bonds. The lowest BCUT2D eigenvalue weighted by molar-refractivity contribution is -0.165. The van der Waals surface area contributed by atoms with Gasteiger partial charge in [-0.25, -0.2) is 0 Å². The van der Waals surface area contributed by atoms with Crippen LogP contribution in [0.5, 0.6) is 0 Å². The molecule has 1 fully saturated rings. The minimum Gasteiger partial charge on any atom is -0.391 e. The van der Waals surface area contributed by atoms with Crippen LogP contribution in [0.4, 0.5) is 13.2 Å². The van der Waals surface area contributed by atoms with Gasteiger partial charge >= 0.3 is 6.18 Å². The van der Waals surface area contributed by atoms with Gasteiger partial charge in [0.05, 0.1) is 12.6 Å². The van der Waals surface area contributed by atoms with Crippen molar-refractivity contribution in [2.45, 2.75) is 84.7 Å². The quantitative estimate of drug-likeness (QED) is 0.821. The Morgan fingerprint density at radius 3 is 2.19 bits per heavy atom. The Morgan fingerprint density at radius 2 is 1.76 bits per heavy atom. The van der Waals surface area contributed by atoms with E-state index in [0.29, 0.717) is 18.8 Å². The maximum Gasteiger partial charge on any atom is 0.401 e. The number of nitrogens with zero attached hydrogens (tertiary/aromatic N) is 1. The number of hydrogen-bond donors (Lipinski definition) is 1. The van der Waals surface area contributed by atoms with E-state index in [1.165, 1.54) is 4.90 Å². The highest BCUT2D eigenvalue weighted by Crippen LogP contribution is 2.42. The fourth-order valence-corrected chi connectivity index (χ4v) is 3.38. The molecule has 2 nitrogen and oxygen atoms in total. The molecule has 3 unspecified atom stereocenters. The Kier molecular flexibility index (Phi) is 6.13. The topological polar surface area (TPSA) is 23.5 Å². The first-order valence-corrected chi connectivity index (χ1v) is 7.98. The zero-order chi connectivity index (χ0) is 16.4. The van der Waals surface area contributed by atoms with E-state index in [1.54, 1.807) is 13.8 Å². The highest BCUT2D eigenvalue weighted by atomic mass is 19.4. The van der Waals surface area contributed by atoms with E-state index in [-0.39, 0.29) is 11.5 Å². The Hall–Kier alpha value is -0.290. The molecule has 0 heterocycles. The molecule has 1 N–H and O–H groups in total. The monoisotopic (exact) mass is 309 g/mol. The van der Waals surface area contributed by atoms with E-state index in [4.69, 9.17) is 0 Å². The van der Waals surface area contributed by atoms with Gasteiger partial charge in [-0.1, -0.05) is 27.2 Å². The third kappa shape index (κ3) is 5.13. The van der Waals surface area contributed by atoms with Crippen molar-refractivity contribution in [2.24, 2.45) is 11.3 Å². The zero-order valence-electron chi connectivity index (χ0n) is 13.9. The summed E-state index contributed by atoms with van der Waals surface area (Å²) in [7, 11) is 0. The highest BCUT2D eigenvalue weighted by molar-refractivity contribution is 4.93. The summed E-state index contributed by atoms with van der Waals surface area (Å²) in [5, 5.41) is 10.2. The molecule has 0 aromatic rings. The third-order valence-corrected chi connectivity index (χ3v) is 5.25. The largest absolute Gasteiger partial charge is 0.401 e. The SMILES string of the molecule is CCC(C)(C)C1CCC(O)C(N(CC(F)(F)F)C(C)C)C1. The molecular weight excluding hydrogens is 279 g/mol. The van der Waals surface area contributed by atoms with Crippen LogP contribution in [-0.4, -0.2) is 40.9 Å². The van der Waals surface area contributed by atoms with Gasteiger partial charge in [-0.3, -0.25) is 4.90 Å². The summed E-state index contributed by atoms with van der Waals surface area (Å²) in [4.78, 5) is 1.43. The first-order valence-electron chi connectivity index (χ1n) is 7.98. The Morgan fingerprint density at radius 1 is 1.19 bits per heavy atom. The first kappa shape index (κ1) is 18.8. The van der Waals surface area contributed by atoms with E-state index in [9.17, 15) is 18.3 Å². The van der Waals surface area contributed by atoms with Gasteiger partial charge in [0.15, 0.2) is 0 Å². The third-order valence-electron chi connectivity index (χ3n) is 5.25. The standard InChI is InChI=1S/C16H30F3NO/c1-6-15(4,5)12-7-8-14(21)13(9-12)20(11(2)3)10-16(17,18)19/h11-14,21H,6-10H2,1-5H3. The number of rotatable bonds is 5. The predicted octanol–water partition coefficient (Wildman–Crippen LogP) is 4.22. The molecule has 0 spiro atoms. The molecule has 1 aliphatic carbocycles. The average Bonchev–Trinajstić information content (AvgIpc) is 2.35. The summed E-state index contributed by atoms with van der Waals surface area (Å²) >= 11 is 0. The number of aliphatic hydroxyl groups is 1. The van der Waals surface area contributed by atoms with E-state index in [2.05, 4.69) is 20.8 Å². The minimum atomic E-state index is -4.22. The fourth-order valence-electron chi connectivity index (χ4n) is 3.38. The maximum atomic E-state index is 12.8. The molecule has 3 atom stereocenters. The molecule has 0 aromatic carbocycles. The highest BCUT2D eigenvalue weighted by Gasteiger charge is 2.42. The van der Waals surface area contributed by atoms with Crippen LogP contribution in [0.15, 0.2) is 0 Å². The smallest absolute Gasteiger partial charge is 0.391 e. The Bertz CT molecular complexity index is 328. The lowest BCUT2D eigenvalue weighted by Gasteiger charge is -2.46. The van der Waals surface area contributed by atoms with Crippen molar-refractivity contribution < 1.29 is 18.3 Å². The van der Waals surface area contributed by atoms with Gasteiger partial charge in [-0.05, 0) is 44.4 Å². The summed E-state index contributed by atoms with van der Waals surface area (Å²) < 4.78 is 38.5. The van der Waals surface area contributed by atoms with E-state index < -0.39 is 24.9 Å². The summed E-state index contributed by atoms with van der Waals surface area (Å²) in [6.45, 7) is 9.08. The van der Waals surface area contributed by atoms with Gasteiger partial charge in [-0.15, -0.1) is 0 Å². The van der Waals surface area contributed by atoms with Gasteiger partial charge in [0, 0.05) is 12.1 Å². The average molecular weight is 309 g/mol. The summed E-state index contributed by atoms with van der Waals surface area (Å²) in [5.74, 6) is 0.366. The van der Waals surface area contributed by atoms with Crippen LogP contribution < -0.4 is 0 Å². The molecular formula is C16H30F3NO. The lowest BCUT2D eigenvalue weighted by Crippen LogP contribution is -2.54. The van der Waals surface area contributed by atoms with Gasteiger partial charge < -0.3 is 5.11 Å². The molecule has 0 aromatic heterocycles. The number of halogens is 3. The van der Waals surface area contributed by atoms with E-state index in [1.807, 2.05) is 0 Å². The van der Waals surface area contributed by atoms with Crippen molar-refractivity contribution in [3.63, 3.8) is 0 Å². The number of alkyl halides is 3. The minimum absolute atomic E-state index is 0.110. The Labute approximate surface area is 126 Å². The first-order chi connectivity index (χ1) is 9.48. The van der Waals surface area contributed by atoms with Crippen molar-refractivity contribution in [3.8, 4) is 0 Å². The molecule has 21 heavy (non-hydrogen) atoms.